The molecular formula is C19H22O. The molecule has 0 heterocycles. The molecule has 2 rings (SSSR count). The van der Waals surface area contributed by atoms with Crippen LogP contribution in [0.2, 0.25) is 0 Å². The van der Waals surface area contributed by atoms with Gasteiger partial charge in [0.05, 0.1) is 0 Å². The highest BCUT2D eigenvalue weighted by molar-refractivity contribution is 5.94. The van der Waals surface area contributed by atoms with Crippen LogP contribution in [0.25, 0.3) is 11.1 Å². The van der Waals surface area contributed by atoms with Gasteiger partial charge in [-0.2, -0.15) is 0 Å². The van der Waals surface area contributed by atoms with Gasteiger partial charge in [0.15, 0.2) is 5.78 Å². The van der Waals surface area contributed by atoms with E-state index in [1.165, 1.54) is 16.7 Å². The second-order valence-corrected chi connectivity index (χ2v) is 5.51. The standard InChI is InChI=1S/C19H22O/c1-5-13(2)19-11-10-18(12-14(19)3)17-8-6-16(7-9-17)15(4)20/h6-13H,5H2,1-4H3. The molecule has 0 saturated carbocycles. The van der Waals surface area contributed by atoms with Crippen molar-refractivity contribution >= 4 is 5.78 Å². The Morgan fingerprint density at radius 2 is 1.65 bits per heavy atom. The normalized spacial score (nSPS) is 12.2. The molecule has 2 aromatic carbocycles. The molecule has 0 aromatic heterocycles. The van der Waals surface area contributed by atoms with Crippen molar-refractivity contribution in [2.24, 2.45) is 0 Å². The smallest absolute Gasteiger partial charge is 0.159 e. The molecule has 0 saturated heterocycles. The molecule has 0 fully saturated rings. The Hall–Kier alpha value is -1.89. The van der Waals surface area contributed by atoms with Gasteiger partial charge in [0.1, 0.15) is 0 Å². The quantitative estimate of drug-likeness (QED) is 0.679. The van der Waals surface area contributed by atoms with Gasteiger partial charge in [0.25, 0.3) is 0 Å². The molecule has 0 amide bonds. The summed E-state index contributed by atoms with van der Waals surface area (Å²) in [5.41, 5.74) is 5.91. The monoisotopic (exact) mass is 266 g/mol. The highest BCUT2D eigenvalue weighted by atomic mass is 16.1. The maximum atomic E-state index is 11.3. The first-order valence-corrected chi connectivity index (χ1v) is 7.24. The largest absolute Gasteiger partial charge is 0.295 e. The van der Waals surface area contributed by atoms with Gasteiger partial charge in [0.2, 0.25) is 0 Å². The first kappa shape index (κ1) is 14.5. The summed E-state index contributed by atoms with van der Waals surface area (Å²) in [5.74, 6) is 0.712. The zero-order valence-electron chi connectivity index (χ0n) is 12.7. The van der Waals surface area contributed by atoms with E-state index in [9.17, 15) is 4.79 Å². The van der Waals surface area contributed by atoms with Crippen LogP contribution in [0.5, 0.6) is 0 Å². The summed E-state index contributed by atoms with van der Waals surface area (Å²) < 4.78 is 0. The highest BCUT2D eigenvalue weighted by Gasteiger charge is 2.08. The predicted octanol–water partition coefficient (Wildman–Crippen LogP) is 5.38. The van der Waals surface area contributed by atoms with E-state index < -0.39 is 0 Å². The molecule has 1 unspecified atom stereocenters. The van der Waals surface area contributed by atoms with Crippen molar-refractivity contribution in [3.63, 3.8) is 0 Å². The molecule has 1 atom stereocenters. The topological polar surface area (TPSA) is 17.1 Å². The van der Waals surface area contributed by atoms with Crippen molar-refractivity contribution in [3.8, 4) is 11.1 Å². The van der Waals surface area contributed by atoms with Crippen LogP contribution in [-0.4, -0.2) is 5.78 Å². The van der Waals surface area contributed by atoms with Crippen molar-refractivity contribution < 1.29 is 4.79 Å². The Labute approximate surface area is 121 Å². The molecule has 104 valence electrons. The summed E-state index contributed by atoms with van der Waals surface area (Å²) >= 11 is 0. The number of Topliss-reactive ketones (excluding diaryl/α,β-unsaturated/α-hetero) is 1. The molecule has 1 heteroatoms. The van der Waals surface area contributed by atoms with Crippen LogP contribution in [0.1, 0.15) is 54.6 Å². The summed E-state index contributed by atoms with van der Waals surface area (Å²) in [6, 6.07) is 14.5. The second-order valence-electron chi connectivity index (χ2n) is 5.51. The lowest BCUT2D eigenvalue weighted by Crippen LogP contribution is -1.95. The van der Waals surface area contributed by atoms with Crippen LogP contribution in [0.15, 0.2) is 42.5 Å². The SMILES string of the molecule is CCC(C)c1ccc(-c2ccc(C(C)=O)cc2)cc1C. The fourth-order valence-electron chi connectivity index (χ4n) is 2.53. The van der Waals surface area contributed by atoms with Gasteiger partial charge in [0, 0.05) is 5.56 Å². The van der Waals surface area contributed by atoms with E-state index in [-0.39, 0.29) is 5.78 Å². The predicted molar refractivity (Wildman–Crippen MR) is 85.3 cm³/mol. The van der Waals surface area contributed by atoms with E-state index in [4.69, 9.17) is 0 Å². The minimum atomic E-state index is 0.111. The van der Waals surface area contributed by atoms with Crippen LogP contribution in [0.4, 0.5) is 0 Å². The summed E-state index contributed by atoms with van der Waals surface area (Å²) in [5, 5.41) is 0. The first-order chi connectivity index (χ1) is 9.52. The number of ketones is 1. The van der Waals surface area contributed by atoms with Crippen molar-refractivity contribution in [2.75, 3.05) is 0 Å². The fourth-order valence-corrected chi connectivity index (χ4v) is 2.53. The van der Waals surface area contributed by atoms with Crippen molar-refractivity contribution in [3.05, 3.63) is 59.2 Å². The molecule has 0 aliphatic heterocycles. The van der Waals surface area contributed by atoms with Crippen LogP contribution in [0, 0.1) is 6.92 Å². The summed E-state index contributed by atoms with van der Waals surface area (Å²) in [7, 11) is 0. The Bertz CT molecular complexity index is 608. The summed E-state index contributed by atoms with van der Waals surface area (Å²) in [6.45, 7) is 8.26. The number of benzene rings is 2. The Morgan fingerprint density at radius 1 is 1.05 bits per heavy atom. The summed E-state index contributed by atoms with van der Waals surface area (Å²) in [6.07, 6.45) is 1.16. The number of rotatable bonds is 4. The molecule has 0 bridgehead atoms. The average molecular weight is 266 g/mol. The van der Waals surface area contributed by atoms with E-state index >= 15 is 0 Å². The fraction of sp³-hybridized carbons (Fsp3) is 0.316. The van der Waals surface area contributed by atoms with E-state index in [2.05, 4.69) is 39.0 Å². The number of hydrogen-bond acceptors (Lipinski definition) is 1. The third kappa shape index (κ3) is 2.98. The lowest BCUT2D eigenvalue weighted by atomic mass is 9.91. The van der Waals surface area contributed by atoms with E-state index in [1.54, 1.807) is 6.92 Å². The van der Waals surface area contributed by atoms with Crippen LogP contribution in [-0.2, 0) is 0 Å². The third-order valence-corrected chi connectivity index (χ3v) is 4.04. The van der Waals surface area contributed by atoms with Crippen molar-refractivity contribution in [1.29, 1.82) is 0 Å². The second kappa shape index (κ2) is 6.04. The van der Waals surface area contributed by atoms with Crippen LogP contribution >= 0.6 is 0 Å². The number of aryl methyl sites for hydroxylation is 1. The van der Waals surface area contributed by atoms with Crippen molar-refractivity contribution in [1.82, 2.24) is 0 Å². The van der Waals surface area contributed by atoms with Crippen LogP contribution < -0.4 is 0 Å². The zero-order valence-corrected chi connectivity index (χ0v) is 12.7. The summed E-state index contributed by atoms with van der Waals surface area (Å²) in [4.78, 5) is 11.3. The third-order valence-electron chi connectivity index (χ3n) is 4.04. The van der Waals surface area contributed by atoms with Gasteiger partial charge >= 0.3 is 0 Å². The average Bonchev–Trinajstić information content (AvgIpc) is 2.46. The van der Waals surface area contributed by atoms with E-state index in [1.807, 2.05) is 24.3 Å². The Balaban J connectivity index is 2.34. The van der Waals surface area contributed by atoms with Gasteiger partial charge in [-0.25, -0.2) is 0 Å². The molecule has 0 radical (unpaired) electrons. The zero-order chi connectivity index (χ0) is 14.7. The number of carbonyl (C=O) groups excluding carboxylic acids is 1. The molecule has 0 aliphatic rings. The lowest BCUT2D eigenvalue weighted by Gasteiger charge is -2.14. The number of hydrogen-bond donors (Lipinski definition) is 0. The molecule has 2 aromatic rings. The molecule has 20 heavy (non-hydrogen) atoms. The van der Waals surface area contributed by atoms with Gasteiger partial charge in [-0.05, 0) is 48.4 Å². The van der Waals surface area contributed by atoms with Gasteiger partial charge in [-0.3, -0.25) is 4.79 Å². The van der Waals surface area contributed by atoms with Gasteiger partial charge in [-0.15, -0.1) is 0 Å². The Morgan fingerprint density at radius 3 is 2.15 bits per heavy atom. The maximum absolute atomic E-state index is 11.3. The minimum absolute atomic E-state index is 0.111. The van der Waals surface area contributed by atoms with E-state index in [0.29, 0.717) is 5.92 Å². The maximum Gasteiger partial charge on any atom is 0.159 e. The molecule has 1 nitrogen and oxygen atoms in total. The minimum Gasteiger partial charge on any atom is -0.295 e. The Kier molecular flexibility index (Phi) is 4.39. The first-order valence-electron chi connectivity index (χ1n) is 7.24. The molecule has 0 N–H and O–H groups in total. The highest BCUT2D eigenvalue weighted by Crippen LogP contribution is 2.27. The number of carbonyl (C=O) groups is 1. The molecule has 0 spiro atoms. The van der Waals surface area contributed by atoms with Crippen molar-refractivity contribution in [2.45, 2.75) is 40.0 Å². The van der Waals surface area contributed by atoms with Gasteiger partial charge in [-0.1, -0.05) is 56.3 Å². The molecular weight excluding hydrogens is 244 g/mol. The van der Waals surface area contributed by atoms with E-state index in [0.717, 1.165) is 17.5 Å². The lowest BCUT2D eigenvalue weighted by molar-refractivity contribution is 0.101. The van der Waals surface area contributed by atoms with Crippen LogP contribution in [0.3, 0.4) is 0 Å². The van der Waals surface area contributed by atoms with Gasteiger partial charge < -0.3 is 0 Å². The molecule has 0 aliphatic carbocycles.